The Morgan fingerprint density at radius 2 is 1.82 bits per heavy atom. The molecule has 2 aliphatic heterocycles. The smallest absolute Gasteiger partial charge is 0.335 e. The molecule has 9 heteroatoms. The van der Waals surface area contributed by atoms with Crippen LogP contribution in [-0.2, 0) is 20.9 Å². The van der Waals surface area contributed by atoms with Gasteiger partial charge in [0.15, 0.2) is 0 Å². The standard InChI is InChI=1S/C19H18FN3O4S/c20-14-5-3-13(4-6-14)16-11-21(7-8-27-16)12-23-18(25)17(24)22(19(23)26)10-15-2-1-9-28-15/h1-6,9,16H,7-8,10-12H2. The second-order valence-electron chi connectivity index (χ2n) is 6.62. The predicted octanol–water partition coefficient (Wildman–Crippen LogP) is 2.21. The number of urea groups is 1. The largest absolute Gasteiger partial charge is 0.371 e. The third-order valence-corrected chi connectivity index (χ3v) is 5.62. The second-order valence-corrected chi connectivity index (χ2v) is 7.65. The molecule has 1 atom stereocenters. The van der Waals surface area contributed by atoms with Crippen LogP contribution >= 0.6 is 11.3 Å². The first-order chi connectivity index (χ1) is 13.5. The fourth-order valence-corrected chi connectivity index (χ4v) is 3.98. The number of carbonyl (C=O) groups is 3. The van der Waals surface area contributed by atoms with Crippen LogP contribution in [-0.4, -0.2) is 58.9 Å². The van der Waals surface area contributed by atoms with E-state index >= 15 is 0 Å². The molecule has 0 N–H and O–H groups in total. The number of halogens is 1. The lowest BCUT2D eigenvalue weighted by Crippen LogP contribution is -2.47. The Kier molecular flexibility index (Phi) is 5.21. The van der Waals surface area contributed by atoms with Crippen LogP contribution < -0.4 is 0 Å². The zero-order valence-corrected chi connectivity index (χ0v) is 15.7. The van der Waals surface area contributed by atoms with Crippen molar-refractivity contribution in [2.45, 2.75) is 12.6 Å². The van der Waals surface area contributed by atoms with Crippen LogP contribution in [0.3, 0.4) is 0 Å². The van der Waals surface area contributed by atoms with Gasteiger partial charge in [-0.15, -0.1) is 11.3 Å². The van der Waals surface area contributed by atoms with Gasteiger partial charge < -0.3 is 4.74 Å². The Balaban J connectivity index is 1.43. The molecule has 0 saturated carbocycles. The molecule has 1 aromatic heterocycles. The lowest BCUT2D eigenvalue weighted by molar-refractivity contribution is -0.144. The minimum Gasteiger partial charge on any atom is -0.371 e. The van der Waals surface area contributed by atoms with Gasteiger partial charge in [-0.1, -0.05) is 18.2 Å². The van der Waals surface area contributed by atoms with E-state index in [1.807, 2.05) is 22.4 Å². The zero-order chi connectivity index (χ0) is 19.7. The van der Waals surface area contributed by atoms with E-state index < -0.39 is 17.8 Å². The van der Waals surface area contributed by atoms with Crippen molar-refractivity contribution in [3.8, 4) is 0 Å². The van der Waals surface area contributed by atoms with Crippen molar-refractivity contribution in [2.24, 2.45) is 0 Å². The minimum absolute atomic E-state index is 0.0192. The topological polar surface area (TPSA) is 70.2 Å². The van der Waals surface area contributed by atoms with Crippen LogP contribution in [0.5, 0.6) is 0 Å². The predicted molar refractivity (Wildman–Crippen MR) is 98.6 cm³/mol. The van der Waals surface area contributed by atoms with Crippen LogP contribution in [0.1, 0.15) is 16.5 Å². The zero-order valence-electron chi connectivity index (χ0n) is 14.9. The number of benzene rings is 1. The van der Waals surface area contributed by atoms with Gasteiger partial charge in [0.1, 0.15) is 5.82 Å². The molecule has 146 valence electrons. The van der Waals surface area contributed by atoms with Crippen LogP contribution in [0.15, 0.2) is 41.8 Å². The average molecular weight is 403 g/mol. The van der Waals surface area contributed by atoms with Crippen molar-refractivity contribution >= 4 is 29.2 Å². The number of hydrogen-bond donors (Lipinski definition) is 0. The summed E-state index contributed by atoms with van der Waals surface area (Å²) in [6.45, 7) is 1.48. The molecule has 2 saturated heterocycles. The summed E-state index contributed by atoms with van der Waals surface area (Å²) in [5, 5.41) is 1.85. The molecule has 1 aromatic carbocycles. The first-order valence-electron chi connectivity index (χ1n) is 8.82. The SMILES string of the molecule is O=C1C(=O)N(CN2CCOC(c3ccc(F)cc3)C2)C(=O)N1Cc1cccs1. The fourth-order valence-electron chi connectivity index (χ4n) is 3.28. The summed E-state index contributed by atoms with van der Waals surface area (Å²) in [6.07, 6.45) is -0.292. The highest BCUT2D eigenvalue weighted by Gasteiger charge is 2.45. The van der Waals surface area contributed by atoms with Crippen LogP contribution in [0.2, 0.25) is 0 Å². The third-order valence-electron chi connectivity index (χ3n) is 4.76. The highest BCUT2D eigenvalue weighted by molar-refractivity contribution is 7.09. The highest BCUT2D eigenvalue weighted by atomic mass is 32.1. The van der Waals surface area contributed by atoms with Gasteiger partial charge in [0.25, 0.3) is 0 Å². The van der Waals surface area contributed by atoms with Gasteiger partial charge in [0.2, 0.25) is 0 Å². The van der Waals surface area contributed by atoms with Crippen LogP contribution in [0, 0.1) is 5.82 Å². The molecule has 2 aliphatic rings. The summed E-state index contributed by atoms with van der Waals surface area (Å²) >= 11 is 1.42. The first-order valence-corrected chi connectivity index (χ1v) is 9.70. The van der Waals surface area contributed by atoms with E-state index in [1.165, 1.54) is 23.5 Å². The molecule has 0 bridgehead atoms. The quantitative estimate of drug-likeness (QED) is 0.566. The summed E-state index contributed by atoms with van der Waals surface area (Å²) in [4.78, 5) is 41.9. The number of thiophene rings is 1. The Bertz CT molecular complexity index is 887. The van der Waals surface area contributed by atoms with Crippen molar-refractivity contribution in [3.63, 3.8) is 0 Å². The number of nitrogens with zero attached hydrogens (tertiary/aromatic N) is 3. The number of ether oxygens (including phenoxy) is 1. The van der Waals surface area contributed by atoms with E-state index in [0.29, 0.717) is 19.7 Å². The third kappa shape index (κ3) is 3.68. The number of carbonyl (C=O) groups excluding carboxylic acids is 3. The van der Waals surface area contributed by atoms with E-state index in [4.69, 9.17) is 4.74 Å². The summed E-state index contributed by atoms with van der Waals surface area (Å²) in [7, 11) is 0. The molecule has 28 heavy (non-hydrogen) atoms. The number of hydrogen-bond acceptors (Lipinski definition) is 6. The van der Waals surface area contributed by atoms with Gasteiger partial charge in [0.05, 0.1) is 25.9 Å². The van der Waals surface area contributed by atoms with Gasteiger partial charge in [-0.05, 0) is 29.1 Å². The van der Waals surface area contributed by atoms with E-state index in [1.54, 1.807) is 12.1 Å². The maximum Gasteiger partial charge on any atom is 0.335 e. The monoisotopic (exact) mass is 403 g/mol. The molecule has 2 fully saturated rings. The van der Waals surface area contributed by atoms with E-state index in [2.05, 4.69) is 0 Å². The van der Waals surface area contributed by atoms with E-state index in [0.717, 1.165) is 20.2 Å². The fraction of sp³-hybridized carbons (Fsp3) is 0.316. The Hall–Kier alpha value is -2.62. The van der Waals surface area contributed by atoms with Crippen molar-refractivity contribution in [1.82, 2.24) is 14.7 Å². The van der Waals surface area contributed by atoms with Gasteiger partial charge in [-0.3, -0.25) is 19.4 Å². The molecule has 0 radical (unpaired) electrons. The summed E-state index contributed by atoms with van der Waals surface area (Å²) in [5.41, 5.74) is 0.820. The number of rotatable bonds is 5. The van der Waals surface area contributed by atoms with Gasteiger partial charge >= 0.3 is 17.8 Å². The number of amides is 4. The highest BCUT2D eigenvalue weighted by Crippen LogP contribution is 2.24. The number of imide groups is 2. The molecule has 0 aliphatic carbocycles. The van der Waals surface area contributed by atoms with E-state index in [-0.39, 0.29) is 25.1 Å². The molecule has 7 nitrogen and oxygen atoms in total. The lowest BCUT2D eigenvalue weighted by Gasteiger charge is -2.34. The Morgan fingerprint density at radius 3 is 2.54 bits per heavy atom. The van der Waals surface area contributed by atoms with Gasteiger partial charge in [-0.25, -0.2) is 14.1 Å². The molecule has 0 spiro atoms. The lowest BCUT2D eigenvalue weighted by atomic mass is 10.1. The summed E-state index contributed by atoms with van der Waals surface area (Å²) < 4.78 is 18.9. The average Bonchev–Trinajstić information content (AvgIpc) is 3.28. The van der Waals surface area contributed by atoms with Gasteiger partial charge in [0, 0.05) is 18.0 Å². The van der Waals surface area contributed by atoms with Crippen molar-refractivity contribution < 1.29 is 23.5 Å². The molecular weight excluding hydrogens is 385 g/mol. The number of morpholine rings is 1. The Morgan fingerprint density at radius 1 is 1.07 bits per heavy atom. The molecule has 3 heterocycles. The summed E-state index contributed by atoms with van der Waals surface area (Å²) in [6, 6.07) is 9.08. The maximum atomic E-state index is 13.1. The van der Waals surface area contributed by atoms with Crippen molar-refractivity contribution in [3.05, 3.63) is 58.0 Å². The Labute approximate surface area is 164 Å². The second kappa shape index (κ2) is 7.78. The normalized spacial score (nSPS) is 21.0. The minimum atomic E-state index is -0.814. The van der Waals surface area contributed by atoms with Crippen LogP contribution in [0.4, 0.5) is 9.18 Å². The summed E-state index contributed by atoms with van der Waals surface area (Å²) in [5.74, 6) is -1.94. The van der Waals surface area contributed by atoms with Crippen molar-refractivity contribution in [1.29, 1.82) is 0 Å². The van der Waals surface area contributed by atoms with E-state index in [9.17, 15) is 18.8 Å². The molecular formula is C19H18FN3O4S. The molecule has 1 unspecified atom stereocenters. The van der Waals surface area contributed by atoms with Crippen molar-refractivity contribution in [2.75, 3.05) is 26.4 Å². The molecule has 4 amide bonds. The first kappa shape index (κ1) is 18.7. The van der Waals surface area contributed by atoms with Gasteiger partial charge in [-0.2, -0.15) is 0 Å². The molecule has 4 rings (SSSR count). The van der Waals surface area contributed by atoms with Crippen LogP contribution in [0.25, 0.3) is 0 Å². The molecule has 2 aromatic rings. The maximum absolute atomic E-state index is 13.1.